The monoisotopic (exact) mass is 164 g/mol. The van der Waals surface area contributed by atoms with Gasteiger partial charge in [0.15, 0.2) is 0 Å². The summed E-state index contributed by atoms with van der Waals surface area (Å²) in [6.45, 7) is 12.8. The summed E-state index contributed by atoms with van der Waals surface area (Å²) in [6.07, 6.45) is 4.31. The SMILES string of the molecule is C/C=C(C)/C(C)=C(C)\C(C)=C\C. The molecule has 0 aromatic heterocycles. The van der Waals surface area contributed by atoms with Gasteiger partial charge in [-0.1, -0.05) is 23.3 Å². The molecule has 0 rings (SSSR count). The van der Waals surface area contributed by atoms with E-state index in [1.54, 1.807) is 0 Å². The fraction of sp³-hybridized carbons (Fsp3) is 0.500. The lowest BCUT2D eigenvalue weighted by Gasteiger charge is -2.08. The highest BCUT2D eigenvalue weighted by atomic mass is 14.0. The average molecular weight is 164 g/mol. The van der Waals surface area contributed by atoms with Crippen molar-refractivity contribution in [1.82, 2.24) is 0 Å². The van der Waals surface area contributed by atoms with E-state index >= 15 is 0 Å². The van der Waals surface area contributed by atoms with Crippen molar-refractivity contribution in [2.75, 3.05) is 0 Å². The van der Waals surface area contributed by atoms with Crippen molar-refractivity contribution in [3.05, 3.63) is 34.4 Å². The van der Waals surface area contributed by atoms with Gasteiger partial charge in [-0.05, 0) is 52.7 Å². The molecular formula is C12H20. The van der Waals surface area contributed by atoms with Gasteiger partial charge in [0.2, 0.25) is 0 Å². The third-order valence-electron chi connectivity index (χ3n) is 2.61. The Labute approximate surface area is 76.7 Å². The Morgan fingerprint density at radius 2 is 0.917 bits per heavy atom. The zero-order chi connectivity index (χ0) is 9.72. The molecule has 0 aliphatic rings. The van der Waals surface area contributed by atoms with E-state index in [-0.39, 0.29) is 0 Å². The van der Waals surface area contributed by atoms with Gasteiger partial charge < -0.3 is 0 Å². The fourth-order valence-corrected chi connectivity index (χ4v) is 1.02. The quantitative estimate of drug-likeness (QED) is 0.535. The van der Waals surface area contributed by atoms with E-state index in [0.29, 0.717) is 0 Å². The molecule has 12 heavy (non-hydrogen) atoms. The van der Waals surface area contributed by atoms with Crippen LogP contribution in [-0.4, -0.2) is 0 Å². The van der Waals surface area contributed by atoms with E-state index in [4.69, 9.17) is 0 Å². The summed E-state index contributed by atoms with van der Waals surface area (Å²) in [5.74, 6) is 0. The van der Waals surface area contributed by atoms with Crippen LogP contribution in [0.5, 0.6) is 0 Å². The van der Waals surface area contributed by atoms with Crippen LogP contribution in [0.25, 0.3) is 0 Å². The van der Waals surface area contributed by atoms with E-state index in [1.807, 2.05) is 0 Å². The topological polar surface area (TPSA) is 0 Å². The fourth-order valence-electron chi connectivity index (χ4n) is 1.02. The largest absolute Gasteiger partial charge is 0.0844 e. The van der Waals surface area contributed by atoms with Crippen LogP contribution >= 0.6 is 0 Å². The first-order chi connectivity index (χ1) is 5.54. The summed E-state index contributed by atoms with van der Waals surface area (Å²) >= 11 is 0. The maximum Gasteiger partial charge on any atom is -0.0393 e. The van der Waals surface area contributed by atoms with E-state index in [0.717, 1.165) is 0 Å². The summed E-state index contributed by atoms with van der Waals surface area (Å²) in [6, 6.07) is 0. The molecule has 0 heteroatoms. The zero-order valence-corrected chi connectivity index (χ0v) is 9.15. The molecule has 0 saturated heterocycles. The summed E-state index contributed by atoms with van der Waals surface area (Å²) < 4.78 is 0. The van der Waals surface area contributed by atoms with Gasteiger partial charge in [0.25, 0.3) is 0 Å². The van der Waals surface area contributed by atoms with Crippen molar-refractivity contribution in [2.24, 2.45) is 0 Å². The van der Waals surface area contributed by atoms with Crippen LogP contribution in [0.2, 0.25) is 0 Å². The minimum absolute atomic E-state index is 1.37. The van der Waals surface area contributed by atoms with Crippen LogP contribution in [-0.2, 0) is 0 Å². The van der Waals surface area contributed by atoms with Crippen LogP contribution < -0.4 is 0 Å². The molecule has 0 aliphatic heterocycles. The first-order valence-corrected chi connectivity index (χ1v) is 4.48. The van der Waals surface area contributed by atoms with Gasteiger partial charge in [0.1, 0.15) is 0 Å². The lowest BCUT2D eigenvalue weighted by atomic mass is 9.98. The number of rotatable bonds is 2. The maximum atomic E-state index is 2.18. The van der Waals surface area contributed by atoms with Gasteiger partial charge in [-0.2, -0.15) is 0 Å². The van der Waals surface area contributed by atoms with Gasteiger partial charge in [-0.25, -0.2) is 0 Å². The molecule has 0 aromatic carbocycles. The van der Waals surface area contributed by atoms with E-state index < -0.39 is 0 Å². The van der Waals surface area contributed by atoms with Crippen LogP contribution in [0.4, 0.5) is 0 Å². The molecule has 0 aromatic rings. The van der Waals surface area contributed by atoms with Crippen molar-refractivity contribution in [3.8, 4) is 0 Å². The lowest BCUT2D eigenvalue weighted by molar-refractivity contribution is 1.21. The second kappa shape index (κ2) is 4.97. The molecule has 0 atom stereocenters. The third-order valence-corrected chi connectivity index (χ3v) is 2.61. The zero-order valence-electron chi connectivity index (χ0n) is 9.15. The standard InChI is InChI=1S/C12H20/c1-7-9(3)11(5)12(6)10(4)8-2/h7-8H,1-6H3/b9-7+,10-8+,12-11-. The predicted molar refractivity (Wildman–Crippen MR) is 57.2 cm³/mol. The van der Waals surface area contributed by atoms with Gasteiger partial charge in [-0.3, -0.25) is 0 Å². The van der Waals surface area contributed by atoms with E-state index in [9.17, 15) is 0 Å². The maximum absolute atomic E-state index is 2.18. The summed E-state index contributed by atoms with van der Waals surface area (Å²) in [5, 5.41) is 0. The van der Waals surface area contributed by atoms with Crippen molar-refractivity contribution in [2.45, 2.75) is 41.5 Å². The second-order valence-corrected chi connectivity index (χ2v) is 3.19. The Kier molecular flexibility index (Phi) is 4.65. The van der Waals surface area contributed by atoms with Gasteiger partial charge in [0, 0.05) is 0 Å². The molecule has 0 bridgehead atoms. The second-order valence-electron chi connectivity index (χ2n) is 3.19. The Hall–Kier alpha value is -0.780. The van der Waals surface area contributed by atoms with E-state index in [2.05, 4.69) is 53.7 Å². The van der Waals surface area contributed by atoms with Gasteiger partial charge in [-0.15, -0.1) is 0 Å². The Bertz CT molecular complexity index is 211. The Morgan fingerprint density at radius 1 is 0.667 bits per heavy atom. The average Bonchev–Trinajstić information content (AvgIpc) is 2.12. The number of allylic oxidation sites excluding steroid dienone is 6. The summed E-state index contributed by atoms with van der Waals surface area (Å²) in [5.41, 5.74) is 5.53. The van der Waals surface area contributed by atoms with Crippen molar-refractivity contribution in [3.63, 3.8) is 0 Å². The van der Waals surface area contributed by atoms with Gasteiger partial charge in [0.05, 0.1) is 0 Å². The molecule has 0 heterocycles. The summed E-state index contributed by atoms with van der Waals surface area (Å²) in [4.78, 5) is 0. The molecule has 68 valence electrons. The molecule has 0 N–H and O–H groups in total. The first-order valence-electron chi connectivity index (χ1n) is 4.48. The Morgan fingerprint density at radius 3 is 1.08 bits per heavy atom. The molecule has 0 nitrogen and oxygen atoms in total. The van der Waals surface area contributed by atoms with Crippen molar-refractivity contribution >= 4 is 0 Å². The van der Waals surface area contributed by atoms with Crippen LogP contribution in [0, 0.1) is 0 Å². The third kappa shape index (κ3) is 2.69. The van der Waals surface area contributed by atoms with Crippen molar-refractivity contribution < 1.29 is 0 Å². The smallest absolute Gasteiger partial charge is 0.0393 e. The van der Waals surface area contributed by atoms with Crippen LogP contribution in [0.15, 0.2) is 34.4 Å². The molecule has 0 saturated carbocycles. The minimum Gasteiger partial charge on any atom is -0.0844 e. The predicted octanol–water partition coefficient (Wildman–Crippen LogP) is 4.26. The first kappa shape index (κ1) is 11.2. The highest BCUT2D eigenvalue weighted by Gasteiger charge is 1.99. The molecule has 0 fully saturated rings. The van der Waals surface area contributed by atoms with Crippen LogP contribution in [0.3, 0.4) is 0 Å². The molecular weight excluding hydrogens is 144 g/mol. The number of hydrogen-bond donors (Lipinski definition) is 0. The van der Waals surface area contributed by atoms with E-state index in [1.165, 1.54) is 22.3 Å². The van der Waals surface area contributed by atoms with Gasteiger partial charge >= 0.3 is 0 Å². The molecule has 0 amide bonds. The minimum atomic E-state index is 1.37. The number of hydrogen-bond acceptors (Lipinski definition) is 0. The molecule has 0 unspecified atom stereocenters. The lowest BCUT2D eigenvalue weighted by Crippen LogP contribution is -1.87. The van der Waals surface area contributed by atoms with Crippen molar-refractivity contribution in [1.29, 1.82) is 0 Å². The molecule has 0 aliphatic carbocycles. The molecule has 0 spiro atoms. The van der Waals surface area contributed by atoms with Crippen LogP contribution in [0.1, 0.15) is 41.5 Å². The molecule has 0 radical (unpaired) electrons. The summed E-state index contributed by atoms with van der Waals surface area (Å²) in [7, 11) is 0. The normalized spacial score (nSPS) is 16.2. The highest BCUT2D eigenvalue weighted by molar-refractivity contribution is 5.40. The Balaban J connectivity index is 4.95. The highest BCUT2D eigenvalue weighted by Crippen LogP contribution is 2.19.